The molecule has 0 spiro atoms. The van der Waals surface area contributed by atoms with Crippen molar-refractivity contribution in [2.24, 2.45) is 0 Å². The number of ether oxygens (including phenoxy) is 2. The van der Waals surface area contributed by atoms with Crippen molar-refractivity contribution in [3.63, 3.8) is 0 Å². The molecule has 0 aromatic heterocycles. The summed E-state index contributed by atoms with van der Waals surface area (Å²) in [5.41, 5.74) is 4.06. The Balaban J connectivity index is 1.33. The molecule has 1 unspecified atom stereocenters. The number of ketones is 1. The molecule has 1 amide bonds. The Bertz CT molecular complexity index is 1150. The molecule has 5 heteroatoms. The predicted octanol–water partition coefficient (Wildman–Crippen LogP) is 5.10. The Hall–Kier alpha value is -3.44. The van der Waals surface area contributed by atoms with Crippen LogP contribution < -0.4 is 10.1 Å². The van der Waals surface area contributed by atoms with E-state index in [1.807, 2.05) is 54.6 Å². The highest BCUT2D eigenvalue weighted by atomic mass is 16.5. The molecule has 2 aliphatic rings. The number of hydrogen-bond donors (Lipinski definition) is 1. The largest absolute Gasteiger partial charge is 0.489 e. The van der Waals surface area contributed by atoms with E-state index in [1.165, 1.54) is 0 Å². The number of fused-ring (bicyclic) bond motifs is 3. The van der Waals surface area contributed by atoms with Gasteiger partial charge in [-0.2, -0.15) is 0 Å². The van der Waals surface area contributed by atoms with E-state index in [9.17, 15) is 9.59 Å². The third-order valence-electron chi connectivity index (χ3n) is 5.82. The van der Waals surface area contributed by atoms with E-state index in [-0.39, 0.29) is 17.8 Å². The number of nitrogens with one attached hydrogen (secondary N) is 1. The Labute approximate surface area is 181 Å². The van der Waals surface area contributed by atoms with Crippen LogP contribution in [0.4, 0.5) is 5.69 Å². The number of carbonyl (C=O) groups is 2. The molecule has 3 aromatic rings. The molecule has 1 N–H and O–H groups in total. The average Bonchev–Trinajstić information content (AvgIpc) is 3.11. The quantitative estimate of drug-likeness (QED) is 0.494. The maximum absolute atomic E-state index is 12.9. The molecule has 0 bridgehead atoms. The highest BCUT2D eigenvalue weighted by Crippen LogP contribution is 2.37. The number of benzene rings is 3. The summed E-state index contributed by atoms with van der Waals surface area (Å²) in [6.45, 7) is 1.23. The van der Waals surface area contributed by atoms with E-state index < -0.39 is 0 Å². The van der Waals surface area contributed by atoms with Gasteiger partial charge in [-0.3, -0.25) is 9.59 Å². The summed E-state index contributed by atoms with van der Waals surface area (Å²) in [5.74, 6) is 0.280. The summed E-state index contributed by atoms with van der Waals surface area (Å²) in [6, 6.07) is 20.2. The first kappa shape index (κ1) is 19.5. The second-order valence-electron chi connectivity index (χ2n) is 7.88. The minimum Gasteiger partial charge on any atom is -0.489 e. The van der Waals surface area contributed by atoms with Crippen molar-refractivity contribution in [3.8, 4) is 16.9 Å². The van der Waals surface area contributed by atoms with Crippen LogP contribution in [0.25, 0.3) is 11.1 Å². The van der Waals surface area contributed by atoms with E-state index in [0.29, 0.717) is 34.7 Å². The molecule has 31 heavy (non-hydrogen) atoms. The Morgan fingerprint density at radius 3 is 2.55 bits per heavy atom. The normalized spacial score (nSPS) is 17.0. The molecule has 0 saturated carbocycles. The molecule has 3 aromatic carbocycles. The number of amides is 1. The van der Waals surface area contributed by atoms with Crippen molar-refractivity contribution in [2.45, 2.75) is 25.4 Å². The van der Waals surface area contributed by atoms with Gasteiger partial charge < -0.3 is 14.8 Å². The molecule has 1 aliphatic heterocycles. The van der Waals surface area contributed by atoms with Crippen molar-refractivity contribution >= 4 is 17.4 Å². The van der Waals surface area contributed by atoms with Crippen molar-refractivity contribution in [2.75, 3.05) is 18.5 Å². The Kier molecular flexibility index (Phi) is 5.26. The lowest BCUT2D eigenvalue weighted by Crippen LogP contribution is -2.26. The van der Waals surface area contributed by atoms with E-state index in [4.69, 9.17) is 9.47 Å². The lowest BCUT2D eigenvalue weighted by molar-refractivity contribution is -0.0109. The summed E-state index contributed by atoms with van der Waals surface area (Å²) in [6.07, 6.45) is 3.31. The van der Waals surface area contributed by atoms with Crippen molar-refractivity contribution in [3.05, 3.63) is 83.4 Å². The zero-order valence-electron chi connectivity index (χ0n) is 17.1. The number of hydrogen-bond acceptors (Lipinski definition) is 4. The lowest BCUT2D eigenvalue weighted by Gasteiger charge is -2.23. The third kappa shape index (κ3) is 3.84. The lowest BCUT2D eigenvalue weighted by atomic mass is 10.0. The molecular weight excluding hydrogens is 390 g/mol. The van der Waals surface area contributed by atoms with Gasteiger partial charge in [0.15, 0.2) is 5.78 Å². The van der Waals surface area contributed by atoms with Crippen molar-refractivity contribution < 1.29 is 19.1 Å². The summed E-state index contributed by atoms with van der Waals surface area (Å²) < 4.78 is 11.7. The van der Waals surface area contributed by atoms with Gasteiger partial charge in [0.1, 0.15) is 12.4 Å². The summed E-state index contributed by atoms with van der Waals surface area (Å²) in [5, 5.41) is 2.93. The molecule has 1 aliphatic carbocycles. The first-order valence-electron chi connectivity index (χ1n) is 10.6. The van der Waals surface area contributed by atoms with Gasteiger partial charge in [-0.25, -0.2) is 0 Å². The minimum atomic E-state index is -0.281. The van der Waals surface area contributed by atoms with Gasteiger partial charge in [0.25, 0.3) is 5.91 Å². The van der Waals surface area contributed by atoms with E-state index in [1.54, 1.807) is 12.1 Å². The second-order valence-corrected chi connectivity index (χ2v) is 7.88. The zero-order chi connectivity index (χ0) is 21.2. The van der Waals surface area contributed by atoms with Gasteiger partial charge in [0.05, 0.1) is 11.8 Å². The van der Waals surface area contributed by atoms with Crippen LogP contribution in [-0.4, -0.2) is 31.0 Å². The van der Waals surface area contributed by atoms with Crippen LogP contribution in [0.15, 0.2) is 66.7 Å². The van der Waals surface area contributed by atoms with Crippen LogP contribution in [0, 0.1) is 0 Å². The van der Waals surface area contributed by atoms with Gasteiger partial charge in [-0.1, -0.05) is 42.5 Å². The summed E-state index contributed by atoms with van der Waals surface area (Å²) in [7, 11) is 0. The molecule has 1 saturated heterocycles. The Morgan fingerprint density at radius 1 is 0.935 bits per heavy atom. The summed E-state index contributed by atoms with van der Waals surface area (Å²) >= 11 is 0. The first-order valence-corrected chi connectivity index (χ1v) is 10.6. The second kappa shape index (κ2) is 8.36. The van der Waals surface area contributed by atoms with Gasteiger partial charge in [-0.15, -0.1) is 0 Å². The highest BCUT2D eigenvalue weighted by molar-refractivity contribution is 6.22. The predicted molar refractivity (Wildman–Crippen MR) is 119 cm³/mol. The number of anilines is 1. The fraction of sp³-hybridized carbons (Fsp3) is 0.231. The highest BCUT2D eigenvalue weighted by Gasteiger charge is 2.27. The van der Waals surface area contributed by atoms with Crippen molar-refractivity contribution in [1.29, 1.82) is 0 Å². The van der Waals surface area contributed by atoms with Crippen LogP contribution >= 0.6 is 0 Å². The molecule has 156 valence electrons. The van der Waals surface area contributed by atoms with Crippen molar-refractivity contribution in [1.82, 2.24) is 0 Å². The standard InChI is InChI=1S/C26H23NO4/c28-25-21-9-2-1-8-19(21)20-13-12-17(15-22(20)25)26(29)27-23-10-3-4-11-24(23)31-16-18-7-5-6-14-30-18/h1-4,8-13,15,18H,5-7,14,16H2,(H,27,29). The number of rotatable bonds is 5. The fourth-order valence-electron chi connectivity index (χ4n) is 4.18. The van der Waals surface area contributed by atoms with Gasteiger partial charge >= 0.3 is 0 Å². The van der Waals surface area contributed by atoms with Crippen LogP contribution in [0.1, 0.15) is 45.5 Å². The third-order valence-corrected chi connectivity index (χ3v) is 5.82. The number of carbonyl (C=O) groups excluding carboxylic acids is 2. The molecule has 0 radical (unpaired) electrons. The minimum absolute atomic E-state index is 0.0449. The summed E-state index contributed by atoms with van der Waals surface area (Å²) in [4.78, 5) is 25.7. The van der Waals surface area contributed by atoms with Crippen LogP contribution in [0.3, 0.4) is 0 Å². The van der Waals surface area contributed by atoms with E-state index in [0.717, 1.165) is 37.0 Å². The van der Waals surface area contributed by atoms with Crippen LogP contribution in [0.2, 0.25) is 0 Å². The molecule has 1 heterocycles. The Morgan fingerprint density at radius 2 is 1.71 bits per heavy atom. The smallest absolute Gasteiger partial charge is 0.255 e. The maximum Gasteiger partial charge on any atom is 0.255 e. The monoisotopic (exact) mass is 413 g/mol. The average molecular weight is 413 g/mol. The molecular formula is C26H23NO4. The number of para-hydroxylation sites is 2. The molecule has 1 atom stereocenters. The molecule has 1 fully saturated rings. The SMILES string of the molecule is O=C(Nc1ccccc1OCC1CCCCO1)c1ccc2c(c1)C(=O)c1ccccc1-2. The van der Waals surface area contributed by atoms with Crippen LogP contribution in [0.5, 0.6) is 5.75 Å². The molecule has 5 rings (SSSR count). The molecule has 5 nitrogen and oxygen atoms in total. The maximum atomic E-state index is 12.9. The van der Waals surface area contributed by atoms with Gasteiger partial charge in [-0.05, 0) is 54.7 Å². The van der Waals surface area contributed by atoms with E-state index in [2.05, 4.69) is 5.32 Å². The van der Waals surface area contributed by atoms with Gasteiger partial charge in [0.2, 0.25) is 0 Å². The topological polar surface area (TPSA) is 64.6 Å². The van der Waals surface area contributed by atoms with E-state index >= 15 is 0 Å². The van der Waals surface area contributed by atoms with Crippen LogP contribution in [-0.2, 0) is 4.74 Å². The fourth-order valence-corrected chi connectivity index (χ4v) is 4.18. The zero-order valence-corrected chi connectivity index (χ0v) is 17.1. The van der Waals surface area contributed by atoms with Gasteiger partial charge in [0, 0.05) is 23.3 Å². The first-order chi connectivity index (χ1) is 15.2.